The molecule has 12 heteroatoms. The van der Waals surface area contributed by atoms with Crippen LogP contribution >= 0.6 is 23.6 Å². The lowest BCUT2D eigenvalue weighted by atomic mass is 10.1. The summed E-state index contributed by atoms with van der Waals surface area (Å²) in [7, 11) is 0. The molecule has 2 heterocycles. The molecule has 0 radical (unpaired) electrons. The number of nitro groups is 1. The molecule has 2 aromatic heterocycles. The number of nitrogens with zero attached hydrogens (tertiary/aromatic N) is 5. The van der Waals surface area contributed by atoms with E-state index in [-0.39, 0.29) is 21.9 Å². The van der Waals surface area contributed by atoms with Gasteiger partial charge in [0, 0.05) is 22.8 Å². The third-order valence-corrected chi connectivity index (χ3v) is 5.66. The Morgan fingerprint density at radius 3 is 2.68 bits per heavy atom. The van der Waals surface area contributed by atoms with E-state index in [2.05, 4.69) is 25.9 Å². The van der Waals surface area contributed by atoms with E-state index in [4.69, 9.17) is 12.2 Å². The van der Waals surface area contributed by atoms with Crippen molar-refractivity contribution < 1.29 is 9.72 Å². The van der Waals surface area contributed by atoms with Gasteiger partial charge in [0.1, 0.15) is 5.01 Å². The molecule has 0 spiro atoms. The van der Waals surface area contributed by atoms with Gasteiger partial charge in [0.25, 0.3) is 11.6 Å². The van der Waals surface area contributed by atoms with E-state index in [0.717, 1.165) is 5.56 Å². The Kier molecular flexibility index (Phi) is 5.40. The fraction of sp³-hybridized carbons (Fsp3) is 0.105. The number of aryl methyl sites for hydroxylation is 1. The van der Waals surface area contributed by atoms with E-state index in [9.17, 15) is 14.9 Å². The minimum Gasteiger partial charge on any atom is -0.332 e. The predicted octanol–water partition coefficient (Wildman–Crippen LogP) is 3.50. The third kappa shape index (κ3) is 3.98. The van der Waals surface area contributed by atoms with Crippen LogP contribution in [0.3, 0.4) is 0 Å². The van der Waals surface area contributed by atoms with Crippen molar-refractivity contribution in [2.75, 3.05) is 5.32 Å². The average molecular weight is 454 g/mol. The van der Waals surface area contributed by atoms with Gasteiger partial charge in [-0.2, -0.15) is 9.61 Å². The molecule has 31 heavy (non-hydrogen) atoms. The zero-order valence-corrected chi connectivity index (χ0v) is 18.0. The van der Waals surface area contributed by atoms with Gasteiger partial charge in [0.15, 0.2) is 10.9 Å². The first-order valence-corrected chi connectivity index (χ1v) is 10.2. The molecular weight excluding hydrogens is 438 g/mol. The van der Waals surface area contributed by atoms with Gasteiger partial charge in [0.05, 0.1) is 10.6 Å². The highest BCUT2D eigenvalue weighted by Gasteiger charge is 2.19. The summed E-state index contributed by atoms with van der Waals surface area (Å²) in [5.74, 6) is 0.142. The number of hydrogen-bond acceptors (Lipinski definition) is 8. The Balaban J connectivity index is 1.55. The number of hydrogen-bond donors (Lipinski definition) is 2. The molecule has 0 saturated heterocycles. The Labute approximate surface area is 185 Å². The molecule has 0 bridgehead atoms. The number of nitro benzene ring substituents is 1. The summed E-state index contributed by atoms with van der Waals surface area (Å²) < 4.78 is 1.65. The summed E-state index contributed by atoms with van der Waals surface area (Å²) in [5.41, 5.74) is 1.74. The molecule has 4 aromatic rings. The Morgan fingerprint density at radius 1 is 1.16 bits per heavy atom. The summed E-state index contributed by atoms with van der Waals surface area (Å²) in [4.78, 5) is 23.9. The van der Waals surface area contributed by atoms with Gasteiger partial charge < -0.3 is 5.32 Å². The van der Waals surface area contributed by atoms with E-state index in [1.807, 2.05) is 31.2 Å². The predicted molar refractivity (Wildman–Crippen MR) is 120 cm³/mol. The molecule has 1 amide bonds. The first kappa shape index (κ1) is 20.5. The van der Waals surface area contributed by atoms with Crippen molar-refractivity contribution >= 4 is 50.9 Å². The average Bonchev–Trinajstić information content (AvgIpc) is 3.30. The highest BCUT2D eigenvalue weighted by Crippen LogP contribution is 2.31. The van der Waals surface area contributed by atoms with Crippen LogP contribution in [-0.2, 0) is 0 Å². The maximum Gasteiger partial charge on any atom is 0.273 e. The zero-order chi connectivity index (χ0) is 22.1. The van der Waals surface area contributed by atoms with Gasteiger partial charge in [-0.1, -0.05) is 29.5 Å². The Bertz CT molecular complexity index is 1350. The SMILES string of the molecule is Cc1c(C(=O)NC(=S)Nc2ccccc2-c2nn3c(C)nnc3s2)cccc1[N+](=O)[O-]. The smallest absolute Gasteiger partial charge is 0.273 e. The van der Waals surface area contributed by atoms with Crippen LogP contribution in [0.2, 0.25) is 0 Å². The summed E-state index contributed by atoms with van der Waals surface area (Å²) in [6, 6.07) is 11.7. The normalized spacial score (nSPS) is 10.8. The largest absolute Gasteiger partial charge is 0.332 e. The van der Waals surface area contributed by atoms with E-state index in [1.165, 1.54) is 36.5 Å². The summed E-state index contributed by atoms with van der Waals surface area (Å²) in [6.45, 7) is 3.34. The van der Waals surface area contributed by atoms with E-state index >= 15 is 0 Å². The zero-order valence-electron chi connectivity index (χ0n) is 16.3. The molecule has 0 aliphatic rings. The summed E-state index contributed by atoms with van der Waals surface area (Å²) in [5, 5.41) is 30.1. The first-order chi connectivity index (χ1) is 14.8. The molecule has 0 atom stereocenters. The second kappa shape index (κ2) is 8.16. The van der Waals surface area contributed by atoms with Crippen LogP contribution in [0.1, 0.15) is 21.7 Å². The monoisotopic (exact) mass is 453 g/mol. The van der Waals surface area contributed by atoms with Crippen molar-refractivity contribution in [1.82, 2.24) is 25.1 Å². The second-order valence-electron chi connectivity index (χ2n) is 6.51. The second-order valence-corrected chi connectivity index (χ2v) is 7.87. The van der Waals surface area contributed by atoms with Crippen LogP contribution in [0.25, 0.3) is 15.5 Å². The molecule has 10 nitrogen and oxygen atoms in total. The molecule has 0 unspecified atom stereocenters. The lowest BCUT2D eigenvalue weighted by Crippen LogP contribution is -2.34. The molecule has 0 aliphatic heterocycles. The van der Waals surface area contributed by atoms with Gasteiger partial charge in [-0.3, -0.25) is 20.2 Å². The van der Waals surface area contributed by atoms with Crippen molar-refractivity contribution in [3.63, 3.8) is 0 Å². The maximum atomic E-state index is 12.6. The highest BCUT2D eigenvalue weighted by atomic mass is 32.1. The molecule has 2 N–H and O–H groups in total. The van der Waals surface area contributed by atoms with Crippen LogP contribution in [0.15, 0.2) is 42.5 Å². The standard InChI is InChI=1S/C19H15N7O3S2/c1-10-12(7-5-9-15(10)26(28)29)16(27)21-18(30)20-14-8-4-3-6-13(14)17-24-25-11(2)22-23-19(25)31-17/h3-9H,1-2H3,(H2,20,21,27,30). The lowest BCUT2D eigenvalue weighted by molar-refractivity contribution is -0.385. The Morgan fingerprint density at radius 2 is 1.94 bits per heavy atom. The maximum absolute atomic E-state index is 12.6. The quantitative estimate of drug-likeness (QED) is 0.273. The molecule has 4 rings (SSSR count). The number of amides is 1. The van der Waals surface area contributed by atoms with Gasteiger partial charge in [0.2, 0.25) is 4.96 Å². The first-order valence-electron chi connectivity index (χ1n) is 8.99. The fourth-order valence-corrected chi connectivity index (χ4v) is 4.12. The molecule has 156 valence electrons. The number of nitrogens with one attached hydrogen (secondary N) is 2. The van der Waals surface area contributed by atoms with Gasteiger partial charge >= 0.3 is 0 Å². The number of rotatable bonds is 4. The lowest BCUT2D eigenvalue weighted by Gasteiger charge is -2.13. The number of thiocarbonyl (C=S) groups is 1. The van der Waals surface area contributed by atoms with Crippen molar-refractivity contribution in [2.24, 2.45) is 0 Å². The molecule has 2 aromatic carbocycles. The molecular formula is C19H15N7O3S2. The number of anilines is 1. The van der Waals surface area contributed by atoms with Crippen LogP contribution < -0.4 is 10.6 Å². The van der Waals surface area contributed by atoms with Crippen molar-refractivity contribution in [3.05, 3.63) is 69.5 Å². The Hall–Kier alpha value is -3.77. The summed E-state index contributed by atoms with van der Waals surface area (Å²) in [6.07, 6.45) is 0. The number of fused-ring (bicyclic) bond motifs is 1. The minimum atomic E-state index is -0.536. The number of para-hydroxylation sites is 1. The van der Waals surface area contributed by atoms with Crippen LogP contribution in [0.5, 0.6) is 0 Å². The van der Waals surface area contributed by atoms with Gasteiger partial charge in [-0.25, -0.2) is 0 Å². The highest BCUT2D eigenvalue weighted by molar-refractivity contribution is 7.80. The fourth-order valence-electron chi connectivity index (χ4n) is 2.99. The minimum absolute atomic E-state index is 0.0579. The molecule has 0 aliphatic carbocycles. The van der Waals surface area contributed by atoms with Crippen molar-refractivity contribution in [2.45, 2.75) is 13.8 Å². The van der Waals surface area contributed by atoms with Crippen molar-refractivity contribution in [1.29, 1.82) is 0 Å². The van der Waals surface area contributed by atoms with E-state index in [0.29, 0.717) is 21.5 Å². The summed E-state index contributed by atoms with van der Waals surface area (Å²) >= 11 is 6.67. The topological polar surface area (TPSA) is 127 Å². The molecule has 0 saturated carbocycles. The third-order valence-electron chi connectivity index (χ3n) is 4.53. The van der Waals surface area contributed by atoms with E-state index < -0.39 is 10.8 Å². The van der Waals surface area contributed by atoms with Gasteiger partial charge in [-0.05, 0) is 44.3 Å². The van der Waals surface area contributed by atoms with E-state index in [1.54, 1.807) is 4.52 Å². The molecule has 0 fully saturated rings. The number of carbonyl (C=O) groups excluding carboxylic acids is 1. The number of carbonyl (C=O) groups is 1. The van der Waals surface area contributed by atoms with Crippen LogP contribution in [0.4, 0.5) is 11.4 Å². The van der Waals surface area contributed by atoms with Crippen molar-refractivity contribution in [3.8, 4) is 10.6 Å². The number of aromatic nitrogens is 4. The number of benzene rings is 2. The van der Waals surface area contributed by atoms with Crippen LogP contribution in [-0.4, -0.2) is 35.8 Å². The van der Waals surface area contributed by atoms with Crippen LogP contribution in [0, 0.1) is 24.0 Å². The van der Waals surface area contributed by atoms with Gasteiger partial charge in [-0.15, -0.1) is 10.2 Å².